The highest BCUT2D eigenvalue weighted by atomic mass is 19.3. The normalized spacial score (nSPS) is 19.5. The standard InChI is InChI=1S/C18H23F2NO2.CH2O2/c1-14-5-10-22-18(12-14)6-8-21(9-7-18)13-15-3-2-4-16(11-15)23-17(19)20;2-1-3/h2-4,11-12,17H,5-10,13H2,1H3;1H,(H,2,3). The van der Waals surface area contributed by atoms with Crippen molar-refractivity contribution in [1.29, 1.82) is 0 Å². The van der Waals surface area contributed by atoms with E-state index in [1.165, 1.54) is 5.57 Å². The predicted molar refractivity (Wildman–Crippen MR) is 93.3 cm³/mol. The first-order valence-electron chi connectivity index (χ1n) is 8.62. The van der Waals surface area contributed by atoms with E-state index >= 15 is 0 Å². The van der Waals surface area contributed by atoms with Gasteiger partial charge >= 0.3 is 6.61 Å². The lowest BCUT2D eigenvalue weighted by molar-refractivity contribution is -0.122. The second-order valence-electron chi connectivity index (χ2n) is 6.56. The molecule has 7 heteroatoms. The summed E-state index contributed by atoms with van der Waals surface area (Å²) < 4.78 is 35.1. The van der Waals surface area contributed by atoms with E-state index in [0.717, 1.165) is 51.1 Å². The fraction of sp³-hybridized carbons (Fsp3) is 0.526. The van der Waals surface area contributed by atoms with Gasteiger partial charge in [0.25, 0.3) is 6.47 Å². The first-order chi connectivity index (χ1) is 12.5. The number of alkyl halides is 2. The van der Waals surface area contributed by atoms with Crippen LogP contribution in [0.3, 0.4) is 0 Å². The minimum absolute atomic E-state index is 0.0839. The number of hydrogen-bond acceptors (Lipinski definition) is 4. The molecule has 0 atom stereocenters. The monoisotopic (exact) mass is 369 g/mol. The molecule has 0 unspecified atom stereocenters. The summed E-state index contributed by atoms with van der Waals surface area (Å²) in [7, 11) is 0. The molecule has 1 fully saturated rings. The van der Waals surface area contributed by atoms with E-state index in [0.29, 0.717) is 0 Å². The van der Waals surface area contributed by atoms with Crippen molar-refractivity contribution >= 4 is 6.47 Å². The molecule has 1 aromatic carbocycles. The van der Waals surface area contributed by atoms with Crippen LogP contribution in [0.15, 0.2) is 35.9 Å². The van der Waals surface area contributed by atoms with Gasteiger partial charge in [-0.2, -0.15) is 8.78 Å². The molecule has 2 heterocycles. The van der Waals surface area contributed by atoms with Crippen LogP contribution in [-0.4, -0.2) is 48.4 Å². The molecule has 0 aliphatic carbocycles. The molecule has 1 spiro atoms. The average Bonchev–Trinajstić information content (AvgIpc) is 2.58. The van der Waals surface area contributed by atoms with Crippen molar-refractivity contribution in [3.8, 4) is 5.75 Å². The van der Waals surface area contributed by atoms with E-state index in [1.807, 2.05) is 6.07 Å². The Morgan fingerprint density at radius 3 is 2.69 bits per heavy atom. The highest BCUT2D eigenvalue weighted by Gasteiger charge is 2.35. The molecule has 0 amide bonds. The van der Waals surface area contributed by atoms with E-state index < -0.39 is 6.61 Å². The van der Waals surface area contributed by atoms with Crippen molar-refractivity contribution in [1.82, 2.24) is 4.90 Å². The van der Waals surface area contributed by atoms with E-state index in [1.54, 1.807) is 18.2 Å². The summed E-state index contributed by atoms with van der Waals surface area (Å²) in [5.41, 5.74) is 2.33. The van der Waals surface area contributed by atoms with E-state index in [-0.39, 0.29) is 17.8 Å². The molecule has 1 N–H and O–H groups in total. The van der Waals surface area contributed by atoms with Gasteiger partial charge in [0.2, 0.25) is 0 Å². The molecule has 0 aromatic heterocycles. The largest absolute Gasteiger partial charge is 0.483 e. The van der Waals surface area contributed by atoms with Crippen molar-refractivity contribution in [3.63, 3.8) is 0 Å². The molecule has 144 valence electrons. The fourth-order valence-electron chi connectivity index (χ4n) is 3.43. The van der Waals surface area contributed by atoms with Crippen LogP contribution >= 0.6 is 0 Å². The summed E-state index contributed by atoms with van der Waals surface area (Å²) in [6.45, 7) is 2.60. The molecule has 26 heavy (non-hydrogen) atoms. The van der Waals surface area contributed by atoms with Gasteiger partial charge in [-0.25, -0.2) is 0 Å². The van der Waals surface area contributed by atoms with Crippen LogP contribution in [0.25, 0.3) is 0 Å². The third kappa shape index (κ3) is 6.07. The SMILES string of the molecule is CC1=CC2(CCN(Cc3cccc(OC(F)F)c3)CC2)OCC1.O=CO. The van der Waals surface area contributed by atoms with Crippen LogP contribution in [0.2, 0.25) is 0 Å². The molecular formula is C19H25F2NO4. The minimum Gasteiger partial charge on any atom is -0.483 e. The number of piperidine rings is 1. The van der Waals surface area contributed by atoms with Crippen LogP contribution in [0.1, 0.15) is 31.7 Å². The number of likely N-dealkylation sites (tertiary alicyclic amines) is 1. The maximum absolute atomic E-state index is 12.3. The summed E-state index contributed by atoms with van der Waals surface area (Å²) in [5.74, 6) is 0.222. The minimum atomic E-state index is -2.78. The molecule has 0 saturated carbocycles. The number of hydrogen-bond donors (Lipinski definition) is 1. The molecule has 2 aliphatic rings. The predicted octanol–water partition coefficient (Wildman–Crippen LogP) is 3.69. The van der Waals surface area contributed by atoms with Gasteiger partial charge in [-0.15, -0.1) is 0 Å². The van der Waals surface area contributed by atoms with Crippen molar-refractivity contribution in [2.75, 3.05) is 19.7 Å². The van der Waals surface area contributed by atoms with Gasteiger partial charge in [-0.1, -0.05) is 23.8 Å². The smallest absolute Gasteiger partial charge is 0.387 e. The summed E-state index contributed by atoms with van der Waals surface area (Å²) in [5, 5.41) is 6.89. The molecule has 0 bridgehead atoms. The number of nitrogens with zero attached hydrogens (tertiary/aromatic N) is 1. The molecule has 1 aromatic rings. The Bertz CT molecular complexity index is 613. The number of carbonyl (C=O) groups is 1. The fourth-order valence-corrected chi connectivity index (χ4v) is 3.43. The van der Waals surface area contributed by atoms with E-state index in [9.17, 15) is 8.78 Å². The zero-order chi connectivity index (χ0) is 19.0. The Hall–Kier alpha value is -1.99. The molecular weight excluding hydrogens is 344 g/mol. The van der Waals surface area contributed by atoms with Crippen LogP contribution in [0, 0.1) is 0 Å². The lowest BCUT2D eigenvalue weighted by Gasteiger charge is -2.42. The van der Waals surface area contributed by atoms with E-state index in [4.69, 9.17) is 14.6 Å². The number of halogens is 2. The molecule has 5 nitrogen and oxygen atoms in total. The second-order valence-corrected chi connectivity index (χ2v) is 6.56. The summed E-state index contributed by atoms with van der Waals surface area (Å²) in [4.78, 5) is 10.7. The van der Waals surface area contributed by atoms with Crippen molar-refractivity contribution < 1.29 is 28.2 Å². The zero-order valence-corrected chi connectivity index (χ0v) is 14.9. The number of carboxylic acid groups (broad SMARTS) is 1. The van der Waals surface area contributed by atoms with Crippen LogP contribution in [-0.2, 0) is 16.1 Å². The van der Waals surface area contributed by atoms with Gasteiger partial charge in [0, 0.05) is 19.6 Å². The Morgan fingerprint density at radius 1 is 1.38 bits per heavy atom. The van der Waals surface area contributed by atoms with Crippen molar-refractivity contribution in [3.05, 3.63) is 41.5 Å². The molecule has 1 saturated heterocycles. The molecule has 3 rings (SSSR count). The summed E-state index contributed by atoms with van der Waals surface area (Å²) in [6, 6.07) is 6.96. The zero-order valence-electron chi connectivity index (χ0n) is 14.9. The van der Waals surface area contributed by atoms with Crippen LogP contribution in [0.5, 0.6) is 5.75 Å². The Kier molecular flexibility index (Phi) is 7.53. The third-order valence-corrected chi connectivity index (χ3v) is 4.63. The lowest BCUT2D eigenvalue weighted by atomic mass is 9.87. The Morgan fingerprint density at radius 2 is 2.08 bits per heavy atom. The first kappa shape index (κ1) is 20.3. The van der Waals surface area contributed by atoms with Crippen molar-refractivity contribution in [2.24, 2.45) is 0 Å². The highest BCUT2D eigenvalue weighted by molar-refractivity contribution is 5.32. The topological polar surface area (TPSA) is 59.0 Å². The lowest BCUT2D eigenvalue weighted by Crippen LogP contribution is -2.46. The average molecular weight is 369 g/mol. The van der Waals surface area contributed by atoms with E-state index in [2.05, 4.69) is 22.6 Å². The number of benzene rings is 1. The number of ether oxygens (including phenoxy) is 2. The summed E-state index contributed by atoms with van der Waals surface area (Å²) in [6.07, 6.45) is 5.29. The molecule has 2 aliphatic heterocycles. The Labute approximate surface area is 152 Å². The maximum Gasteiger partial charge on any atom is 0.387 e. The van der Waals surface area contributed by atoms with Crippen molar-refractivity contribution in [2.45, 2.75) is 44.9 Å². The van der Waals surface area contributed by atoms with Gasteiger partial charge in [0.05, 0.1) is 12.2 Å². The Balaban J connectivity index is 0.000000758. The van der Waals surface area contributed by atoms with Gasteiger partial charge in [0.1, 0.15) is 5.75 Å². The van der Waals surface area contributed by atoms with Gasteiger partial charge in [-0.05, 0) is 43.9 Å². The van der Waals surface area contributed by atoms with Crippen LogP contribution < -0.4 is 4.74 Å². The maximum atomic E-state index is 12.3. The van der Waals surface area contributed by atoms with Gasteiger partial charge < -0.3 is 14.6 Å². The third-order valence-electron chi connectivity index (χ3n) is 4.63. The molecule has 0 radical (unpaired) electrons. The quantitative estimate of drug-likeness (QED) is 0.648. The highest BCUT2D eigenvalue weighted by Crippen LogP contribution is 2.33. The summed E-state index contributed by atoms with van der Waals surface area (Å²) >= 11 is 0. The number of rotatable bonds is 4. The van der Waals surface area contributed by atoms with Gasteiger partial charge in [-0.3, -0.25) is 9.69 Å². The second kappa shape index (κ2) is 9.64. The van der Waals surface area contributed by atoms with Gasteiger partial charge in [0.15, 0.2) is 0 Å². The van der Waals surface area contributed by atoms with Crippen LogP contribution in [0.4, 0.5) is 8.78 Å². The first-order valence-corrected chi connectivity index (χ1v) is 8.62.